The summed E-state index contributed by atoms with van der Waals surface area (Å²) in [4.78, 5) is 9.13. The molecule has 0 spiro atoms. The SMILES string of the molecule is Cc1nc(-c2nc3ccccn3c2C)n(CCCO)n1. The second-order valence-corrected chi connectivity index (χ2v) is 4.76. The van der Waals surface area contributed by atoms with Gasteiger partial charge in [-0.15, -0.1) is 0 Å². The minimum atomic E-state index is 0.141. The summed E-state index contributed by atoms with van der Waals surface area (Å²) < 4.78 is 3.86. The predicted octanol–water partition coefficient (Wildman–Crippen LogP) is 1.59. The van der Waals surface area contributed by atoms with E-state index in [9.17, 15) is 0 Å². The highest BCUT2D eigenvalue weighted by atomic mass is 16.3. The van der Waals surface area contributed by atoms with Gasteiger partial charge in [-0.1, -0.05) is 6.07 Å². The summed E-state index contributed by atoms with van der Waals surface area (Å²) in [5.41, 5.74) is 2.78. The Balaban J connectivity index is 2.13. The van der Waals surface area contributed by atoms with E-state index in [2.05, 4.69) is 15.1 Å². The molecule has 0 bridgehead atoms. The zero-order valence-corrected chi connectivity index (χ0v) is 11.6. The maximum Gasteiger partial charge on any atom is 0.178 e. The van der Waals surface area contributed by atoms with Crippen LogP contribution in [0.15, 0.2) is 24.4 Å². The molecule has 6 heteroatoms. The van der Waals surface area contributed by atoms with Crippen molar-refractivity contribution < 1.29 is 5.11 Å². The summed E-state index contributed by atoms with van der Waals surface area (Å²) in [6.45, 7) is 4.67. The number of aliphatic hydroxyl groups excluding tert-OH is 1. The van der Waals surface area contributed by atoms with Gasteiger partial charge in [0.25, 0.3) is 0 Å². The van der Waals surface area contributed by atoms with Crippen LogP contribution in [0.2, 0.25) is 0 Å². The van der Waals surface area contributed by atoms with Crippen molar-refractivity contribution in [2.45, 2.75) is 26.8 Å². The third-order valence-corrected chi connectivity index (χ3v) is 3.29. The Hall–Kier alpha value is -2.21. The highest BCUT2D eigenvalue weighted by Crippen LogP contribution is 2.22. The Bertz CT molecular complexity index is 743. The lowest BCUT2D eigenvalue weighted by Crippen LogP contribution is -2.05. The van der Waals surface area contributed by atoms with E-state index < -0.39 is 0 Å². The highest BCUT2D eigenvalue weighted by molar-refractivity contribution is 5.60. The van der Waals surface area contributed by atoms with Gasteiger partial charge >= 0.3 is 0 Å². The van der Waals surface area contributed by atoms with Crippen molar-refractivity contribution in [1.29, 1.82) is 0 Å². The molecule has 0 saturated carbocycles. The molecule has 3 rings (SSSR count). The van der Waals surface area contributed by atoms with E-state index in [1.807, 2.05) is 47.3 Å². The topological polar surface area (TPSA) is 68.2 Å². The van der Waals surface area contributed by atoms with Crippen LogP contribution >= 0.6 is 0 Å². The average Bonchev–Trinajstić information content (AvgIpc) is 2.98. The molecule has 1 N–H and O–H groups in total. The fourth-order valence-corrected chi connectivity index (χ4v) is 2.34. The Labute approximate surface area is 116 Å². The van der Waals surface area contributed by atoms with Gasteiger partial charge in [0.05, 0.1) is 5.69 Å². The molecule has 6 nitrogen and oxygen atoms in total. The number of hydrogen-bond acceptors (Lipinski definition) is 4. The number of hydrogen-bond donors (Lipinski definition) is 1. The van der Waals surface area contributed by atoms with Crippen molar-refractivity contribution in [3.8, 4) is 11.5 Å². The summed E-state index contributed by atoms with van der Waals surface area (Å²) in [7, 11) is 0. The third-order valence-electron chi connectivity index (χ3n) is 3.29. The predicted molar refractivity (Wildman–Crippen MR) is 75.4 cm³/mol. The molecule has 0 aliphatic rings. The van der Waals surface area contributed by atoms with Crippen LogP contribution in [0.4, 0.5) is 0 Å². The summed E-state index contributed by atoms with van der Waals surface area (Å²) in [6, 6.07) is 5.91. The lowest BCUT2D eigenvalue weighted by Gasteiger charge is -2.03. The molecule has 0 aliphatic heterocycles. The maximum atomic E-state index is 8.98. The van der Waals surface area contributed by atoms with Crippen LogP contribution in [-0.4, -0.2) is 35.9 Å². The zero-order chi connectivity index (χ0) is 14.1. The lowest BCUT2D eigenvalue weighted by molar-refractivity contribution is 0.277. The number of fused-ring (bicyclic) bond motifs is 1. The van der Waals surface area contributed by atoms with Gasteiger partial charge in [0.2, 0.25) is 0 Å². The fourth-order valence-electron chi connectivity index (χ4n) is 2.34. The van der Waals surface area contributed by atoms with Crippen LogP contribution in [0.3, 0.4) is 0 Å². The Morgan fingerprint density at radius 2 is 2.05 bits per heavy atom. The molecule has 0 aliphatic carbocycles. The van der Waals surface area contributed by atoms with Crippen LogP contribution in [0.1, 0.15) is 17.9 Å². The number of imidazole rings is 1. The van der Waals surface area contributed by atoms with Crippen LogP contribution < -0.4 is 0 Å². The second-order valence-electron chi connectivity index (χ2n) is 4.76. The zero-order valence-electron chi connectivity index (χ0n) is 11.6. The van der Waals surface area contributed by atoms with Crippen molar-refractivity contribution in [2.75, 3.05) is 6.61 Å². The van der Waals surface area contributed by atoms with E-state index in [4.69, 9.17) is 5.11 Å². The highest BCUT2D eigenvalue weighted by Gasteiger charge is 2.16. The molecule has 0 fully saturated rings. The number of aryl methyl sites for hydroxylation is 3. The standard InChI is InChI=1S/C14H17N5O/c1-10-13(16-12-6-3-4-7-18(10)12)14-15-11(2)17-19(14)8-5-9-20/h3-4,6-7,20H,5,8-9H2,1-2H3. The van der Waals surface area contributed by atoms with Crippen molar-refractivity contribution in [3.63, 3.8) is 0 Å². The van der Waals surface area contributed by atoms with Gasteiger partial charge in [0.15, 0.2) is 5.82 Å². The number of aromatic nitrogens is 5. The van der Waals surface area contributed by atoms with Gasteiger partial charge < -0.3 is 9.51 Å². The van der Waals surface area contributed by atoms with Gasteiger partial charge in [-0.2, -0.15) is 5.10 Å². The normalized spacial score (nSPS) is 11.3. The smallest absolute Gasteiger partial charge is 0.178 e. The van der Waals surface area contributed by atoms with Gasteiger partial charge in [-0.3, -0.25) is 0 Å². The first-order valence-electron chi connectivity index (χ1n) is 6.67. The number of pyridine rings is 1. The van der Waals surface area contributed by atoms with Crippen LogP contribution in [0.5, 0.6) is 0 Å². The first-order chi connectivity index (χ1) is 9.70. The number of aliphatic hydroxyl groups is 1. The van der Waals surface area contributed by atoms with Crippen molar-refractivity contribution in [1.82, 2.24) is 24.1 Å². The number of rotatable bonds is 4. The molecule has 0 amide bonds. The monoisotopic (exact) mass is 271 g/mol. The first kappa shape index (κ1) is 12.8. The molecule has 0 unspecified atom stereocenters. The van der Waals surface area contributed by atoms with Gasteiger partial charge in [-0.25, -0.2) is 14.6 Å². The minimum absolute atomic E-state index is 0.141. The van der Waals surface area contributed by atoms with Crippen LogP contribution in [-0.2, 0) is 6.54 Å². The van der Waals surface area contributed by atoms with Gasteiger partial charge in [0, 0.05) is 19.3 Å². The van der Waals surface area contributed by atoms with Crippen molar-refractivity contribution in [3.05, 3.63) is 35.9 Å². The Kier molecular flexibility index (Phi) is 3.23. The molecule has 0 atom stereocenters. The third kappa shape index (κ3) is 2.08. The molecule has 3 aromatic heterocycles. The van der Waals surface area contributed by atoms with E-state index in [-0.39, 0.29) is 6.61 Å². The molecule has 3 aromatic rings. The molecule has 0 aromatic carbocycles. The van der Waals surface area contributed by atoms with Crippen LogP contribution in [0.25, 0.3) is 17.2 Å². The van der Waals surface area contributed by atoms with Crippen molar-refractivity contribution in [2.24, 2.45) is 0 Å². The Morgan fingerprint density at radius 1 is 1.20 bits per heavy atom. The van der Waals surface area contributed by atoms with Gasteiger partial charge in [0.1, 0.15) is 17.2 Å². The number of nitrogens with zero attached hydrogens (tertiary/aromatic N) is 5. The summed E-state index contributed by atoms with van der Waals surface area (Å²) in [5.74, 6) is 1.48. The van der Waals surface area contributed by atoms with E-state index in [0.717, 1.165) is 28.7 Å². The summed E-state index contributed by atoms with van der Waals surface area (Å²) >= 11 is 0. The quantitative estimate of drug-likeness (QED) is 0.782. The molecule has 3 heterocycles. The molecule has 20 heavy (non-hydrogen) atoms. The summed E-state index contributed by atoms with van der Waals surface area (Å²) in [5, 5.41) is 13.4. The minimum Gasteiger partial charge on any atom is -0.396 e. The Morgan fingerprint density at radius 3 is 2.80 bits per heavy atom. The molecular formula is C14H17N5O. The van der Waals surface area contributed by atoms with E-state index in [0.29, 0.717) is 13.0 Å². The molecule has 0 saturated heterocycles. The molecule has 104 valence electrons. The fraction of sp³-hybridized carbons (Fsp3) is 0.357. The molecule has 0 radical (unpaired) electrons. The van der Waals surface area contributed by atoms with E-state index in [1.165, 1.54) is 0 Å². The lowest BCUT2D eigenvalue weighted by atomic mass is 10.3. The van der Waals surface area contributed by atoms with Crippen LogP contribution in [0, 0.1) is 13.8 Å². The second kappa shape index (κ2) is 5.05. The van der Waals surface area contributed by atoms with Crippen molar-refractivity contribution >= 4 is 5.65 Å². The average molecular weight is 271 g/mol. The molecular weight excluding hydrogens is 254 g/mol. The van der Waals surface area contributed by atoms with Gasteiger partial charge in [-0.05, 0) is 32.4 Å². The first-order valence-corrected chi connectivity index (χ1v) is 6.67. The van der Waals surface area contributed by atoms with E-state index in [1.54, 1.807) is 0 Å². The largest absolute Gasteiger partial charge is 0.396 e. The van der Waals surface area contributed by atoms with E-state index >= 15 is 0 Å². The maximum absolute atomic E-state index is 8.98. The summed E-state index contributed by atoms with van der Waals surface area (Å²) in [6.07, 6.45) is 2.64.